The van der Waals surface area contributed by atoms with Crippen molar-refractivity contribution in [2.45, 2.75) is 6.92 Å². The smallest absolute Gasteiger partial charge is 0.337 e. The lowest BCUT2D eigenvalue weighted by Gasteiger charge is -2.10. The van der Waals surface area contributed by atoms with E-state index in [0.717, 1.165) is 5.69 Å². The van der Waals surface area contributed by atoms with E-state index >= 15 is 0 Å². The normalized spacial score (nSPS) is 10.5. The van der Waals surface area contributed by atoms with Gasteiger partial charge in [-0.05, 0) is 31.2 Å². The molecule has 1 aromatic carbocycles. The molecule has 0 aliphatic heterocycles. The van der Waals surface area contributed by atoms with E-state index in [-0.39, 0.29) is 17.9 Å². The molecule has 1 amide bonds. The SMILES string of the molecule is Cc1cn2cccc(OCC(=O)Nc3ccccc3C(=O)O)c2n1. The number of aromatic carboxylic acids is 1. The second-order valence-corrected chi connectivity index (χ2v) is 5.17. The third-order valence-corrected chi connectivity index (χ3v) is 3.36. The minimum atomic E-state index is -1.11. The Balaban J connectivity index is 1.71. The Kier molecular flexibility index (Phi) is 4.15. The predicted molar refractivity (Wildman–Crippen MR) is 87.5 cm³/mol. The number of nitrogens with one attached hydrogen (secondary N) is 1. The zero-order valence-corrected chi connectivity index (χ0v) is 12.9. The summed E-state index contributed by atoms with van der Waals surface area (Å²) < 4.78 is 7.33. The maximum Gasteiger partial charge on any atom is 0.337 e. The number of rotatable bonds is 5. The standard InChI is InChI=1S/C17H15N3O4/c1-11-9-20-8-4-7-14(16(20)18-11)24-10-15(21)19-13-6-3-2-5-12(13)17(22)23/h2-9H,10H2,1H3,(H,19,21)(H,22,23). The topological polar surface area (TPSA) is 92.9 Å². The van der Waals surface area contributed by atoms with Crippen LogP contribution in [0.5, 0.6) is 5.75 Å². The number of hydrogen-bond acceptors (Lipinski definition) is 4. The molecule has 0 aliphatic carbocycles. The maximum atomic E-state index is 12.0. The van der Waals surface area contributed by atoms with Crippen LogP contribution in [0.4, 0.5) is 5.69 Å². The predicted octanol–water partition coefficient (Wildman–Crippen LogP) is 2.36. The highest BCUT2D eigenvalue weighted by molar-refractivity contribution is 6.00. The van der Waals surface area contributed by atoms with Crippen LogP contribution in [0.1, 0.15) is 16.1 Å². The highest BCUT2D eigenvalue weighted by Crippen LogP contribution is 2.19. The molecule has 0 bridgehead atoms. The number of aromatic nitrogens is 2. The number of carboxylic acid groups (broad SMARTS) is 1. The van der Waals surface area contributed by atoms with Crippen molar-refractivity contribution in [1.82, 2.24) is 9.38 Å². The molecule has 7 nitrogen and oxygen atoms in total. The van der Waals surface area contributed by atoms with Crippen molar-refractivity contribution in [1.29, 1.82) is 0 Å². The molecule has 0 radical (unpaired) electrons. The van der Waals surface area contributed by atoms with Gasteiger partial charge >= 0.3 is 5.97 Å². The third kappa shape index (κ3) is 3.19. The van der Waals surface area contributed by atoms with E-state index in [4.69, 9.17) is 9.84 Å². The van der Waals surface area contributed by atoms with Crippen molar-refractivity contribution in [3.63, 3.8) is 0 Å². The molecule has 0 saturated carbocycles. The summed E-state index contributed by atoms with van der Waals surface area (Å²) in [6.45, 7) is 1.62. The molecule has 0 atom stereocenters. The zero-order chi connectivity index (χ0) is 17.1. The second kappa shape index (κ2) is 6.41. The molecule has 0 fully saturated rings. The van der Waals surface area contributed by atoms with Gasteiger partial charge in [-0.3, -0.25) is 4.79 Å². The quantitative estimate of drug-likeness (QED) is 0.751. The van der Waals surface area contributed by atoms with Gasteiger partial charge in [-0.25, -0.2) is 9.78 Å². The lowest BCUT2D eigenvalue weighted by molar-refractivity contribution is -0.118. The van der Waals surface area contributed by atoms with Gasteiger partial charge in [-0.1, -0.05) is 12.1 Å². The summed E-state index contributed by atoms with van der Waals surface area (Å²) in [5.41, 5.74) is 1.71. The van der Waals surface area contributed by atoms with Gasteiger partial charge < -0.3 is 19.6 Å². The van der Waals surface area contributed by atoms with Crippen LogP contribution in [0, 0.1) is 6.92 Å². The molecular formula is C17H15N3O4. The number of carbonyl (C=O) groups is 2. The molecule has 3 rings (SSSR count). The number of imidazole rings is 1. The first-order valence-electron chi connectivity index (χ1n) is 7.24. The summed E-state index contributed by atoms with van der Waals surface area (Å²) in [7, 11) is 0. The molecule has 7 heteroatoms. The van der Waals surface area contributed by atoms with E-state index in [9.17, 15) is 9.59 Å². The number of amides is 1. The molecule has 0 unspecified atom stereocenters. The number of anilines is 1. The first kappa shape index (κ1) is 15.5. The van der Waals surface area contributed by atoms with Crippen molar-refractivity contribution in [2.24, 2.45) is 0 Å². The summed E-state index contributed by atoms with van der Waals surface area (Å²) in [5.74, 6) is -1.08. The molecule has 0 aliphatic rings. The fourth-order valence-electron chi connectivity index (χ4n) is 2.33. The fourth-order valence-corrected chi connectivity index (χ4v) is 2.33. The molecule has 0 spiro atoms. The van der Waals surface area contributed by atoms with Gasteiger partial charge in [0.05, 0.1) is 16.9 Å². The Morgan fingerprint density at radius 2 is 2.04 bits per heavy atom. The van der Waals surface area contributed by atoms with Crippen molar-refractivity contribution in [2.75, 3.05) is 11.9 Å². The summed E-state index contributed by atoms with van der Waals surface area (Å²) >= 11 is 0. The number of aryl methyl sites for hydroxylation is 1. The largest absolute Gasteiger partial charge is 0.480 e. The van der Waals surface area contributed by atoms with Gasteiger partial charge in [0.2, 0.25) is 0 Å². The Labute approximate surface area is 137 Å². The molecule has 2 aromatic heterocycles. The summed E-state index contributed by atoms with van der Waals surface area (Å²) in [6.07, 6.45) is 3.69. The molecule has 0 saturated heterocycles. The Bertz CT molecular complexity index is 917. The van der Waals surface area contributed by atoms with Crippen molar-refractivity contribution < 1.29 is 19.4 Å². The Morgan fingerprint density at radius 1 is 1.25 bits per heavy atom. The summed E-state index contributed by atoms with van der Waals surface area (Å²) in [4.78, 5) is 27.5. The van der Waals surface area contributed by atoms with E-state index in [1.54, 1.807) is 24.3 Å². The number of pyridine rings is 1. The average Bonchev–Trinajstić information content (AvgIpc) is 2.94. The lowest BCUT2D eigenvalue weighted by Crippen LogP contribution is -2.21. The van der Waals surface area contributed by atoms with E-state index < -0.39 is 11.9 Å². The van der Waals surface area contributed by atoms with Crippen molar-refractivity contribution in [3.8, 4) is 5.75 Å². The van der Waals surface area contributed by atoms with Crippen LogP contribution in [0.2, 0.25) is 0 Å². The summed E-state index contributed by atoms with van der Waals surface area (Å²) in [5, 5.41) is 11.7. The van der Waals surface area contributed by atoms with Gasteiger partial charge in [0.25, 0.3) is 5.91 Å². The van der Waals surface area contributed by atoms with Crippen LogP contribution < -0.4 is 10.1 Å². The number of carbonyl (C=O) groups excluding carboxylic acids is 1. The number of ether oxygens (including phenoxy) is 1. The molecule has 2 heterocycles. The summed E-state index contributed by atoms with van der Waals surface area (Å²) in [6, 6.07) is 9.71. The van der Waals surface area contributed by atoms with Crippen molar-refractivity contribution >= 4 is 23.2 Å². The second-order valence-electron chi connectivity index (χ2n) is 5.17. The zero-order valence-electron chi connectivity index (χ0n) is 12.9. The number of fused-ring (bicyclic) bond motifs is 1. The van der Waals surface area contributed by atoms with Crippen molar-refractivity contribution in [3.05, 3.63) is 60.0 Å². The fraction of sp³-hybridized carbons (Fsp3) is 0.118. The van der Waals surface area contributed by atoms with Crippen LogP contribution in [0.15, 0.2) is 48.8 Å². The Hall–Kier alpha value is -3.35. The van der Waals surface area contributed by atoms with Gasteiger partial charge in [-0.15, -0.1) is 0 Å². The van der Waals surface area contributed by atoms with Gasteiger partial charge in [0, 0.05) is 12.4 Å². The van der Waals surface area contributed by atoms with E-state index in [1.165, 1.54) is 12.1 Å². The number of carboxylic acids is 1. The molecule has 122 valence electrons. The van der Waals surface area contributed by atoms with Crippen LogP contribution in [-0.2, 0) is 4.79 Å². The monoisotopic (exact) mass is 325 g/mol. The number of nitrogens with zero attached hydrogens (tertiary/aromatic N) is 2. The molecule has 3 aromatic rings. The molecular weight excluding hydrogens is 310 g/mol. The highest BCUT2D eigenvalue weighted by atomic mass is 16.5. The first-order chi connectivity index (χ1) is 11.5. The minimum absolute atomic E-state index is 0.0248. The number of hydrogen-bond donors (Lipinski definition) is 2. The first-order valence-corrected chi connectivity index (χ1v) is 7.24. The van der Waals surface area contributed by atoms with Crippen LogP contribution in [-0.4, -0.2) is 33.0 Å². The highest BCUT2D eigenvalue weighted by Gasteiger charge is 2.13. The number of benzene rings is 1. The van der Waals surface area contributed by atoms with Gasteiger partial charge in [0.1, 0.15) is 0 Å². The van der Waals surface area contributed by atoms with E-state index in [0.29, 0.717) is 11.4 Å². The van der Waals surface area contributed by atoms with Crippen LogP contribution >= 0.6 is 0 Å². The van der Waals surface area contributed by atoms with Gasteiger partial charge in [-0.2, -0.15) is 0 Å². The average molecular weight is 325 g/mol. The maximum absolute atomic E-state index is 12.0. The lowest BCUT2D eigenvalue weighted by atomic mass is 10.2. The third-order valence-electron chi connectivity index (χ3n) is 3.36. The number of para-hydroxylation sites is 1. The van der Waals surface area contributed by atoms with E-state index in [2.05, 4.69) is 10.3 Å². The minimum Gasteiger partial charge on any atom is -0.480 e. The Morgan fingerprint density at radius 3 is 2.83 bits per heavy atom. The van der Waals surface area contributed by atoms with E-state index in [1.807, 2.05) is 23.7 Å². The van der Waals surface area contributed by atoms with Crippen LogP contribution in [0.25, 0.3) is 5.65 Å². The molecule has 24 heavy (non-hydrogen) atoms. The van der Waals surface area contributed by atoms with Crippen LogP contribution in [0.3, 0.4) is 0 Å². The molecule has 2 N–H and O–H groups in total. The van der Waals surface area contributed by atoms with Gasteiger partial charge in [0.15, 0.2) is 18.0 Å².